The zero-order valence-corrected chi connectivity index (χ0v) is 20.8. The van der Waals surface area contributed by atoms with Crippen molar-refractivity contribution in [2.75, 3.05) is 12.4 Å². The number of amides is 2. The maximum absolute atomic E-state index is 13.1. The Balaban J connectivity index is 1.70. The lowest BCUT2D eigenvalue weighted by atomic mass is 10.2. The zero-order chi connectivity index (χ0) is 27.2. The first-order valence-electron chi connectivity index (χ1n) is 10.7. The third-order valence-corrected chi connectivity index (χ3v) is 5.06. The van der Waals surface area contributed by atoms with Gasteiger partial charge < -0.3 is 20.1 Å². The number of rotatable bonds is 8. The smallest absolute Gasteiger partial charge is 0.417 e. The monoisotopic (exact) mass is 533 g/mol. The molecule has 0 bridgehead atoms. The molecule has 2 N–H and O–H groups in total. The van der Waals surface area contributed by atoms with Crippen molar-refractivity contribution >= 4 is 23.3 Å². The van der Waals surface area contributed by atoms with E-state index in [0.717, 1.165) is 5.56 Å². The second-order valence-corrected chi connectivity index (χ2v) is 7.96. The molecule has 194 valence electrons. The van der Waals surface area contributed by atoms with Crippen molar-refractivity contribution in [2.45, 2.75) is 13.1 Å². The normalized spacial score (nSPS) is 12.2. The third kappa shape index (κ3) is 7.14. The first-order chi connectivity index (χ1) is 17.5. The van der Waals surface area contributed by atoms with Gasteiger partial charge in [-0.25, -0.2) is 4.79 Å². The van der Waals surface area contributed by atoms with Gasteiger partial charge in [-0.2, -0.15) is 18.3 Å². The van der Waals surface area contributed by atoms with Crippen LogP contribution in [-0.2, 0) is 7.05 Å². The Bertz CT molecular complexity index is 1350. The highest BCUT2D eigenvalue weighted by Crippen LogP contribution is 2.38. The summed E-state index contributed by atoms with van der Waals surface area (Å²) in [7, 11) is 3.29. The molecule has 0 aliphatic heterocycles. The number of halogens is 4. The van der Waals surface area contributed by atoms with E-state index in [1.807, 2.05) is 0 Å². The van der Waals surface area contributed by atoms with Crippen LogP contribution in [0.4, 0.5) is 23.7 Å². The molecule has 12 heteroatoms. The SMILES string of the molecule is C=C(Cl)/C(=C\C(=C/C)NC(=O)Nc1ccc(Oc2ccnc(-c3cnn(C)c3)c2OC)cc1)C(F)(F)F. The van der Waals surface area contributed by atoms with E-state index in [9.17, 15) is 18.0 Å². The summed E-state index contributed by atoms with van der Waals surface area (Å²) in [6, 6.07) is 7.24. The summed E-state index contributed by atoms with van der Waals surface area (Å²) in [6.07, 6.45) is 2.31. The fourth-order valence-corrected chi connectivity index (χ4v) is 3.31. The highest BCUT2D eigenvalue weighted by Gasteiger charge is 2.35. The van der Waals surface area contributed by atoms with E-state index in [-0.39, 0.29) is 5.70 Å². The van der Waals surface area contributed by atoms with Crippen LogP contribution >= 0.6 is 11.6 Å². The number of hydrogen-bond acceptors (Lipinski definition) is 5. The number of ether oxygens (including phenoxy) is 2. The lowest BCUT2D eigenvalue weighted by Gasteiger charge is -2.14. The number of anilines is 1. The summed E-state index contributed by atoms with van der Waals surface area (Å²) in [5.74, 6) is 1.28. The number of pyridine rings is 1. The van der Waals surface area contributed by atoms with Gasteiger partial charge in [0.2, 0.25) is 0 Å². The number of nitrogens with zero attached hydrogens (tertiary/aromatic N) is 3. The molecule has 2 heterocycles. The highest BCUT2D eigenvalue weighted by atomic mass is 35.5. The predicted molar refractivity (Wildman–Crippen MR) is 135 cm³/mol. The topological polar surface area (TPSA) is 90.3 Å². The van der Waals surface area contributed by atoms with Crippen LogP contribution in [0.3, 0.4) is 0 Å². The van der Waals surface area contributed by atoms with Gasteiger partial charge in [-0.1, -0.05) is 24.3 Å². The minimum atomic E-state index is -4.72. The minimum Gasteiger partial charge on any atom is -0.491 e. The van der Waals surface area contributed by atoms with Crippen LogP contribution in [0.1, 0.15) is 6.92 Å². The largest absolute Gasteiger partial charge is 0.491 e. The number of methoxy groups -OCH3 is 1. The molecule has 0 aliphatic carbocycles. The van der Waals surface area contributed by atoms with Crippen LogP contribution in [0.15, 0.2) is 84.0 Å². The van der Waals surface area contributed by atoms with Gasteiger partial charge in [-0.15, -0.1) is 0 Å². The molecule has 0 fully saturated rings. The van der Waals surface area contributed by atoms with Crippen molar-refractivity contribution in [2.24, 2.45) is 7.05 Å². The van der Waals surface area contributed by atoms with Gasteiger partial charge >= 0.3 is 12.2 Å². The molecule has 0 atom stereocenters. The van der Waals surface area contributed by atoms with Crippen LogP contribution in [0.2, 0.25) is 0 Å². The zero-order valence-electron chi connectivity index (χ0n) is 20.1. The van der Waals surface area contributed by atoms with Gasteiger partial charge in [0, 0.05) is 47.5 Å². The second kappa shape index (κ2) is 11.7. The summed E-state index contributed by atoms with van der Waals surface area (Å²) in [6.45, 7) is 4.59. The average molecular weight is 534 g/mol. The number of aryl methyl sites for hydroxylation is 1. The second-order valence-electron chi connectivity index (χ2n) is 7.50. The molecule has 3 rings (SSSR count). The number of hydrogen-bond donors (Lipinski definition) is 2. The Morgan fingerprint density at radius 1 is 1.22 bits per heavy atom. The van der Waals surface area contributed by atoms with E-state index in [2.05, 4.69) is 27.3 Å². The molecule has 3 aromatic rings. The number of alkyl halides is 3. The Morgan fingerprint density at radius 2 is 1.92 bits per heavy atom. The van der Waals surface area contributed by atoms with Gasteiger partial charge in [0.25, 0.3) is 0 Å². The molecule has 8 nitrogen and oxygen atoms in total. The van der Waals surface area contributed by atoms with Crippen LogP contribution in [0.5, 0.6) is 17.2 Å². The van der Waals surface area contributed by atoms with Crippen LogP contribution < -0.4 is 20.1 Å². The quantitative estimate of drug-likeness (QED) is 0.320. The number of aromatic nitrogens is 3. The summed E-state index contributed by atoms with van der Waals surface area (Å²) in [5, 5.41) is 8.33. The highest BCUT2D eigenvalue weighted by molar-refractivity contribution is 6.31. The Hall–Kier alpha value is -4.25. The number of allylic oxidation sites excluding steroid dienone is 4. The van der Waals surface area contributed by atoms with Crippen LogP contribution in [0, 0.1) is 0 Å². The van der Waals surface area contributed by atoms with E-state index < -0.39 is 22.8 Å². The molecule has 0 aliphatic rings. The van der Waals surface area contributed by atoms with E-state index in [1.165, 1.54) is 20.1 Å². The molecule has 2 amide bonds. The van der Waals surface area contributed by atoms with Crippen molar-refractivity contribution in [1.29, 1.82) is 0 Å². The molecule has 0 saturated heterocycles. The molecule has 0 spiro atoms. The van der Waals surface area contributed by atoms with Gasteiger partial charge in [0.1, 0.15) is 11.4 Å². The standard InChI is InChI=1S/C25H23ClF3N5O3/c1-5-17(12-20(15(2)26)25(27,28)29)32-24(35)33-18-6-8-19(9-7-18)37-21-10-11-30-22(23(21)36-4)16-13-31-34(3)14-16/h5-14H,2H2,1,3-4H3,(H2,32,33,35)/b17-5+,20-12+. The predicted octanol–water partition coefficient (Wildman–Crippen LogP) is 6.55. The Kier molecular flexibility index (Phi) is 8.61. The van der Waals surface area contributed by atoms with Gasteiger partial charge in [-0.05, 0) is 37.3 Å². The molecule has 1 aromatic carbocycles. The summed E-state index contributed by atoms with van der Waals surface area (Å²) in [4.78, 5) is 16.7. The first-order valence-corrected chi connectivity index (χ1v) is 11.1. The van der Waals surface area contributed by atoms with Gasteiger partial charge in [0.05, 0.1) is 18.9 Å². The molecule has 37 heavy (non-hydrogen) atoms. The lowest BCUT2D eigenvalue weighted by molar-refractivity contribution is -0.0886. The third-order valence-electron chi connectivity index (χ3n) is 4.86. The molecule has 0 unspecified atom stereocenters. The van der Waals surface area contributed by atoms with Crippen molar-refractivity contribution in [3.63, 3.8) is 0 Å². The maximum Gasteiger partial charge on any atom is 0.417 e. The number of nitrogens with one attached hydrogen (secondary N) is 2. The first kappa shape index (κ1) is 27.3. The maximum atomic E-state index is 13.1. The Morgan fingerprint density at radius 3 is 2.46 bits per heavy atom. The average Bonchev–Trinajstić information content (AvgIpc) is 3.27. The molecular weight excluding hydrogens is 511 g/mol. The molecule has 2 aromatic heterocycles. The van der Waals surface area contributed by atoms with E-state index in [0.29, 0.717) is 34.7 Å². The van der Waals surface area contributed by atoms with E-state index >= 15 is 0 Å². The number of carbonyl (C=O) groups excluding carboxylic acids is 1. The summed E-state index contributed by atoms with van der Waals surface area (Å²) >= 11 is 5.46. The molecule has 0 saturated carbocycles. The number of carbonyl (C=O) groups is 1. The van der Waals surface area contributed by atoms with Gasteiger partial charge in [0.15, 0.2) is 11.5 Å². The summed E-state index contributed by atoms with van der Waals surface area (Å²) < 4.78 is 52.4. The number of benzene rings is 1. The molecule has 0 radical (unpaired) electrons. The fraction of sp³-hybridized carbons (Fsp3) is 0.160. The Labute approximate surface area is 216 Å². The van der Waals surface area contributed by atoms with E-state index in [1.54, 1.807) is 60.7 Å². The van der Waals surface area contributed by atoms with Crippen LogP contribution in [0.25, 0.3) is 11.3 Å². The lowest BCUT2D eigenvalue weighted by Crippen LogP contribution is -2.28. The molecular formula is C25H23ClF3N5O3. The summed E-state index contributed by atoms with van der Waals surface area (Å²) in [5.41, 5.74) is 0.412. The van der Waals surface area contributed by atoms with Crippen molar-refractivity contribution < 1.29 is 27.4 Å². The van der Waals surface area contributed by atoms with Crippen molar-refractivity contribution in [3.05, 3.63) is 84.0 Å². The van der Waals surface area contributed by atoms with Crippen molar-refractivity contribution in [1.82, 2.24) is 20.1 Å². The van der Waals surface area contributed by atoms with Crippen molar-refractivity contribution in [3.8, 4) is 28.5 Å². The van der Waals surface area contributed by atoms with E-state index in [4.69, 9.17) is 21.1 Å². The minimum absolute atomic E-state index is 0.110. The fourth-order valence-electron chi connectivity index (χ4n) is 3.15. The van der Waals surface area contributed by atoms with Gasteiger partial charge in [-0.3, -0.25) is 9.67 Å². The van der Waals surface area contributed by atoms with Crippen LogP contribution in [-0.4, -0.2) is 34.1 Å². The number of urea groups is 1.